The molecule has 3 nitrogen and oxygen atoms in total. The molecule has 0 N–H and O–H groups in total. The fourth-order valence-corrected chi connectivity index (χ4v) is 3.26. The predicted octanol–water partition coefficient (Wildman–Crippen LogP) is 3.07. The maximum atomic E-state index is 2.51. The molecule has 3 heteroatoms. The third-order valence-corrected chi connectivity index (χ3v) is 4.37. The summed E-state index contributed by atoms with van der Waals surface area (Å²) in [6.45, 7) is 3.09. The molecule has 1 atom stereocenters. The Morgan fingerprint density at radius 2 is 1.59 bits per heavy atom. The summed E-state index contributed by atoms with van der Waals surface area (Å²) in [6, 6.07) is 20.0. The number of nitrogens with zero attached hydrogens (tertiary/aromatic N) is 3. The van der Waals surface area contributed by atoms with Gasteiger partial charge in [0.25, 0.3) is 0 Å². The van der Waals surface area contributed by atoms with Gasteiger partial charge in [-0.05, 0) is 31.8 Å². The second kappa shape index (κ2) is 6.41. The van der Waals surface area contributed by atoms with Crippen molar-refractivity contribution in [1.82, 2.24) is 4.90 Å². The monoisotopic (exact) mass is 295 g/mol. The van der Waals surface area contributed by atoms with Crippen molar-refractivity contribution in [3.63, 3.8) is 0 Å². The first-order chi connectivity index (χ1) is 10.6. The topological polar surface area (TPSA) is 9.72 Å². The van der Waals surface area contributed by atoms with E-state index in [-0.39, 0.29) is 0 Å². The lowest BCUT2D eigenvalue weighted by molar-refractivity contribution is 0.361. The van der Waals surface area contributed by atoms with Gasteiger partial charge in [-0.1, -0.05) is 42.5 Å². The number of likely N-dealkylation sites (N-methyl/N-ethyl adjacent to an activating group) is 2. The van der Waals surface area contributed by atoms with Gasteiger partial charge < -0.3 is 14.7 Å². The first-order valence-electron chi connectivity index (χ1n) is 7.90. The minimum atomic E-state index is 0.508. The van der Waals surface area contributed by atoms with E-state index in [9.17, 15) is 0 Å². The van der Waals surface area contributed by atoms with Crippen molar-refractivity contribution in [3.8, 4) is 0 Å². The van der Waals surface area contributed by atoms with Crippen LogP contribution in [0.2, 0.25) is 0 Å². The Kier molecular flexibility index (Phi) is 4.34. The molecule has 1 unspecified atom stereocenters. The molecule has 1 heterocycles. The van der Waals surface area contributed by atoms with Crippen LogP contribution >= 0.6 is 0 Å². The van der Waals surface area contributed by atoms with Crippen molar-refractivity contribution < 1.29 is 0 Å². The number of hydrogen-bond donors (Lipinski definition) is 0. The van der Waals surface area contributed by atoms with E-state index in [1.807, 2.05) is 0 Å². The number of anilines is 2. The highest BCUT2D eigenvalue weighted by molar-refractivity contribution is 5.73. The maximum Gasteiger partial charge on any atom is 0.0607 e. The third-order valence-electron chi connectivity index (χ3n) is 4.37. The van der Waals surface area contributed by atoms with Crippen LogP contribution in [-0.2, 0) is 6.54 Å². The zero-order chi connectivity index (χ0) is 15.5. The second-order valence-electron chi connectivity index (χ2n) is 6.38. The number of para-hydroxylation sites is 2. The molecule has 0 fully saturated rings. The Morgan fingerprint density at radius 3 is 2.27 bits per heavy atom. The van der Waals surface area contributed by atoms with Crippen LogP contribution in [0.15, 0.2) is 54.6 Å². The van der Waals surface area contributed by atoms with Gasteiger partial charge in [0.2, 0.25) is 0 Å². The molecule has 2 aromatic rings. The zero-order valence-corrected chi connectivity index (χ0v) is 13.7. The lowest BCUT2D eigenvalue weighted by atomic mass is 10.1. The van der Waals surface area contributed by atoms with Crippen LogP contribution in [0.4, 0.5) is 11.4 Å². The van der Waals surface area contributed by atoms with Crippen LogP contribution in [0, 0.1) is 0 Å². The molecule has 116 valence electrons. The van der Waals surface area contributed by atoms with E-state index in [0.29, 0.717) is 6.04 Å². The first kappa shape index (κ1) is 14.9. The number of rotatable bonds is 4. The zero-order valence-electron chi connectivity index (χ0n) is 13.7. The molecule has 0 saturated heterocycles. The number of benzene rings is 2. The molecule has 0 spiro atoms. The summed E-state index contributed by atoms with van der Waals surface area (Å²) in [7, 11) is 6.51. The largest absolute Gasteiger partial charge is 0.367 e. The Bertz CT molecular complexity index is 609. The predicted molar refractivity (Wildman–Crippen MR) is 94.7 cm³/mol. The maximum absolute atomic E-state index is 2.51. The van der Waals surface area contributed by atoms with Crippen molar-refractivity contribution in [1.29, 1.82) is 0 Å². The van der Waals surface area contributed by atoms with Crippen molar-refractivity contribution in [2.75, 3.05) is 44.0 Å². The van der Waals surface area contributed by atoms with Crippen LogP contribution in [0.25, 0.3) is 0 Å². The van der Waals surface area contributed by atoms with Crippen molar-refractivity contribution in [3.05, 3.63) is 60.2 Å². The van der Waals surface area contributed by atoms with Gasteiger partial charge in [0, 0.05) is 26.7 Å². The lowest BCUT2D eigenvalue weighted by Gasteiger charge is -2.44. The normalized spacial score (nSPS) is 17.7. The highest BCUT2D eigenvalue weighted by Crippen LogP contribution is 2.35. The molecule has 0 aromatic heterocycles. The van der Waals surface area contributed by atoms with Gasteiger partial charge in [-0.25, -0.2) is 0 Å². The van der Waals surface area contributed by atoms with E-state index in [4.69, 9.17) is 0 Å². The van der Waals surface area contributed by atoms with Crippen molar-refractivity contribution in [2.24, 2.45) is 0 Å². The van der Waals surface area contributed by atoms with Gasteiger partial charge in [-0.15, -0.1) is 0 Å². The molecular formula is C19H25N3. The SMILES string of the molecule is CN(C)CC1CN(Cc2ccccc2)c2ccccc2N1C. The molecular weight excluding hydrogens is 270 g/mol. The molecule has 0 aliphatic carbocycles. The van der Waals surface area contributed by atoms with Crippen LogP contribution in [0.3, 0.4) is 0 Å². The van der Waals surface area contributed by atoms with E-state index >= 15 is 0 Å². The summed E-state index contributed by atoms with van der Waals surface area (Å²) in [5, 5.41) is 0. The highest BCUT2D eigenvalue weighted by Gasteiger charge is 2.28. The summed E-state index contributed by atoms with van der Waals surface area (Å²) in [4.78, 5) is 7.21. The number of hydrogen-bond acceptors (Lipinski definition) is 3. The summed E-state index contributed by atoms with van der Waals surface area (Å²) in [5.41, 5.74) is 4.03. The summed E-state index contributed by atoms with van der Waals surface area (Å²) in [5.74, 6) is 0. The fourth-order valence-electron chi connectivity index (χ4n) is 3.26. The molecule has 1 aliphatic rings. The van der Waals surface area contributed by atoms with Crippen LogP contribution in [0.5, 0.6) is 0 Å². The molecule has 0 bridgehead atoms. The molecule has 3 rings (SSSR count). The fraction of sp³-hybridized carbons (Fsp3) is 0.368. The minimum absolute atomic E-state index is 0.508. The molecule has 2 aromatic carbocycles. The van der Waals surface area contributed by atoms with Gasteiger partial charge in [-0.3, -0.25) is 0 Å². The van der Waals surface area contributed by atoms with E-state index in [2.05, 4.69) is 90.4 Å². The Hall–Kier alpha value is -2.00. The molecule has 0 amide bonds. The molecule has 0 radical (unpaired) electrons. The Labute approximate surface area is 133 Å². The van der Waals surface area contributed by atoms with Gasteiger partial charge in [0.1, 0.15) is 0 Å². The van der Waals surface area contributed by atoms with E-state index < -0.39 is 0 Å². The molecule has 22 heavy (non-hydrogen) atoms. The van der Waals surface area contributed by atoms with Crippen LogP contribution in [0.1, 0.15) is 5.56 Å². The van der Waals surface area contributed by atoms with Crippen molar-refractivity contribution in [2.45, 2.75) is 12.6 Å². The van der Waals surface area contributed by atoms with Gasteiger partial charge in [0.05, 0.1) is 17.4 Å². The van der Waals surface area contributed by atoms with E-state index in [1.165, 1.54) is 16.9 Å². The van der Waals surface area contributed by atoms with Crippen LogP contribution in [-0.4, -0.2) is 45.2 Å². The smallest absolute Gasteiger partial charge is 0.0607 e. The van der Waals surface area contributed by atoms with Crippen molar-refractivity contribution >= 4 is 11.4 Å². The summed E-state index contributed by atoms with van der Waals surface area (Å²) >= 11 is 0. The average Bonchev–Trinajstić information content (AvgIpc) is 2.52. The Balaban J connectivity index is 1.89. The minimum Gasteiger partial charge on any atom is -0.367 e. The standard InChI is InChI=1S/C19H25N3/c1-20(2)14-17-15-22(13-16-9-5-4-6-10-16)19-12-8-7-11-18(19)21(17)3/h4-12,17H,13-15H2,1-3H3. The average molecular weight is 295 g/mol. The lowest BCUT2D eigenvalue weighted by Crippen LogP contribution is -2.51. The Morgan fingerprint density at radius 1 is 0.955 bits per heavy atom. The van der Waals surface area contributed by atoms with E-state index in [1.54, 1.807) is 0 Å². The van der Waals surface area contributed by atoms with Gasteiger partial charge in [0.15, 0.2) is 0 Å². The second-order valence-corrected chi connectivity index (χ2v) is 6.38. The number of fused-ring (bicyclic) bond motifs is 1. The van der Waals surface area contributed by atoms with E-state index in [0.717, 1.165) is 19.6 Å². The van der Waals surface area contributed by atoms with Gasteiger partial charge in [-0.2, -0.15) is 0 Å². The van der Waals surface area contributed by atoms with Crippen LogP contribution < -0.4 is 9.80 Å². The first-order valence-corrected chi connectivity index (χ1v) is 7.90. The van der Waals surface area contributed by atoms with Gasteiger partial charge >= 0.3 is 0 Å². The summed E-state index contributed by atoms with van der Waals surface area (Å²) in [6.07, 6.45) is 0. The molecule has 0 saturated carbocycles. The summed E-state index contributed by atoms with van der Waals surface area (Å²) < 4.78 is 0. The quantitative estimate of drug-likeness (QED) is 0.858. The third kappa shape index (κ3) is 3.09. The highest BCUT2D eigenvalue weighted by atomic mass is 15.3. The molecule has 1 aliphatic heterocycles.